The fourth-order valence-electron chi connectivity index (χ4n) is 4.17. The highest BCUT2D eigenvalue weighted by atomic mass is 19.4. The smallest absolute Gasteiger partial charge is 0.352 e. The molecule has 1 aliphatic heterocycles. The summed E-state index contributed by atoms with van der Waals surface area (Å²) in [7, 11) is 1.59. The first-order chi connectivity index (χ1) is 16.8. The second-order valence-electron chi connectivity index (χ2n) is 8.80. The van der Waals surface area contributed by atoms with Gasteiger partial charge in [-0.3, -0.25) is 9.48 Å². The van der Waals surface area contributed by atoms with Crippen molar-refractivity contribution in [2.24, 2.45) is 13.0 Å². The molecule has 36 heavy (non-hydrogen) atoms. The van der Waals surface area contributed by atoms with Gasteiger partial charge < -0.3 is 10.2 Å². The molecule has 1 aliphatic rings. The molecule has 2 atom stereocenters. The van der Waals surface area contributed by atoms with Gasteiger partial charge in [0, 0.05) is 50.5 Å². The van der Waals surface area contributed by atoms with Gasteiger partial charge >= 0.3 is 6.18 Å². The van der Waals surface area contributed by atoms with Gasteiger partial charge in [0.05, 0.1) is 23.7 Å². The number of anilines is 1. The standard InChI is InChI=1S/C22H23F5N8O/c1-12-6-21(23,24)11-35(16(12)9-31-20-29-7-14(8-30-20)22(25,26)27)19(36)17-15(10-34(3)33-17)18-28-5-4-13(2)32-18/h4-5,7-8,10,12,16H,6,9,11H2,1-3H3,(H,29,30,31)/t12-,16-/m1/s1. The summed E-state index contributed by atoms with van der Waals surface area (Å²) in [5.41, 5.74) is -0.148. The van der Waals surface area contributed by atoms with Crippen molar-refractivity contribution in [2.75, 3.05) is 18.4 Å². The van der Waals surface area contributed by atoms with Crippen LogP contribution in [0, 0.1) is 12.8 Å². The van der Waals surface area contributed by atoms with Crippen LogP contribution in [0.25, 0.3) is 11.4 Å². The summed E-state index contributed by atoms with van der Waals surface area (Å²) in [6.45, 7) is 2.43. The van der Waals surface area contributed by atoms with Gasteiger partial charge in [-0.25, -0.2) is 28.7 Å². The van der Waals surface area contributed by atoms with E-state index in [4.69, 9.17) is 0 Å². The number of nitrogens with one attached hydrogen (secondary N) is 1. The van der Waals surface area contributed by atoms with E-state index in [1.54, 1.807) is 27.0 Å². The van der Waals surface area contributed by atoms with E-state index < -0.39 is 48.5 Å². The maximum atomic E-state index is 14.6. The van der Waals surface area contributed by atoms with Crippen LogP contribution in [-0.4, -0.2) is 65.6 Å². The third kappa shape index (κ3) is 5.41. The van der Waals surface area contributed by atoms with Gasteiger partial charge in [0.2, 0.25) is 5.95 Å². The molecule has 1 saturated heterocycles. The molecule has 3 aromatic rings. The van der Waals surface area contributed by atoms with E-state index in [1.165, 1.54) is 17.1 Å². The highest BCUT2D eigenvalue weighted by Gasteiger charge is 2.47. The minimum Gasteiger partial charge on any atom is -0.352 e. The fraction of sp³-hybridized carbons (Fsp3) is 0.455. The molecule has 3 aromatic heterocycles. The monoisotopic (exact) mass is 510 g/mol. The number of likely N-dealkylation sites (tertiary alicyclic amines) is 1. The van der Waals surface area contributed by atoms with Crippen LogP contribution >= 0.6 is 0 Å². The van der Waals surface area contributed by atoms with Crippen LogP contribution in [0.3, 0.4) is 0 Å². The fourth-order valence-corrected chi connectivity index (χ4v) is 4.17. The third-order valence-corrected chi connectivity index (χ3v) is 5.86. The summed E-state index contributed by atoms with van der Waals surface area (Å²) in [5.74, 6) is -4.41. The van der Waals surface area contributed by atoms with Crippen LogP contribution in [0.5, 0.6) is 0 Å². The second kappa shape index (κ2) is 9.39. The van der Waals surface area contributed by atoms with Gasteiger partial charge in [0.25, 0.3) is 11.8 Å². The van der Waals surface area contributed by atoms with E-state index in [-0.39, 0.29) is 24.0 Å². The molecular formula is C22H23F5N8O. The Hall–Kier alpha value is -3.71. The maximum absolute atomic E-state index is 14.6. The van der Waals surface area contributed by atoms with Crippen LogP contribution < -0.4 is 5.32 Å². The molecule has 0 bridgehead atoms. The molecule has 1 N–H and O–H groups in total. The maximum Gasteiger partial charge on any atom is 0.419 e. The lowest BCUT2D eigenvalue weighted by Crippen LogP contribution is -2.57. The Bertz CT molecular complexity index is 1240. The Balaban J connectivity index is 1.61. The van der Waals surface area contributed by atoms with E-state index in [0.29, 0.717) is 23.7 Å². The molecule has 192 valence electrons. The predicted molar refractivity (Wildman–Crippen MR) is 118 cm³/mol. The Morgan fingerprint density at radius 2 is 1.92 bits per heavy atom. The number of carbonyl (C=O) groups is 1. The first kappa shape index (κ1) is 25.4. The summed E-state index contributed by atoms with van der Waals surface area (Å²) in [6.07, 6.45) is -0.749. The molecule has 0 spiro atoms. The average molecular weight is 510 g/mol. The quantitative estimate of drug-likeness (QED) is 0.524. The van der Waals surface area contributed by atoms with Gasteiger partial charge in [0.1, 0.15) is 0 Å². The molecule has 14 heteroatoms. The lowest BCUT2D eigenvalue weighted by atomic mass is 9.88. The first-order valence-electron chi connectivity index (χ1n) is 11.0. The highest BCUT2D eigenvalue weighted by molar-refractivity contribution is 5.98. The number of hydrogen-bond acceptors (Lipinski definition) is 7. The van der Waals surface area contributed by atoms with Gasteiger partial charge in [-0.2, -0.15) is 18.3 Å². The van der Waals surface area contributed by atoms with Crippen LogP contribution in [0.15, 0.2) is 30.9 Å². The van der Waals surface area contributed by atoms with E-state index in [1.807, 2.05) is 0 Å². The van der Waals surface area contributed by atoms with Crippen molar-refractivity contribution in [3.8, 4) is 11.4 Å². The Kier molecular flexibility index (Phi) is 6.62. The van der Waals surface area contributed by atoms with Gasteiger partial charge in [-0.05, 0) is 18.9 Å². The summed E-state index contributed by atoms with van der Waals surface area (Å²) in [4.78, 5) is 30.4. The lowest BCUT2D eigenvalue weighted by molar-refractivity contribution is -0.138. The molecule has 0 radical (unpaired) electrons. The van der Waals surface area contributed by atoms with Crippen molar-refractivity contribution in [3.05, 3.63) is 47.8 Å². The lowest BCUT2D eigenvalue weighted by Gasteiger charge is -2.43. The van der Waals surface area contributed by atoms with Crippen LogP contribution in [0.2, 0.25) is 0 Å². The van der Waals surface area contributed by atoms with Crippen LogP contribution in [0.4, 0.5) is 27.9 Å². The molecule has 0 saturated carbocycles. The van der Waals surface area contributed by atoms with Crippen molar-refractivity contribution in [1.82, 2.24) is 34.6 Å². The minimum absolute atomic E-state index is 0.0581. The average Bonchev–Trinajstić information content (AvgIpc) is 3.18. The second-order valence-corrected chi connectivity index (χ2v) is 8.80. The largest absolute Gasteiger partial charge is 0.419 e. The van der Waals surface area contributed by atoms with E-state index >= 15 is 0 Å². The van der Waals surface area contributed by atoms with Crippen molar-refractivity contribution in [1.29, 1.82) is 0 Å². The molecular weight excluding hydrogens is 487 g/mol. The summed E-state index contributed by atoms with van der Waals surface area (Å²) >= 11 is 0. The zero-order chi connectivity index (χ0) is 26.3. The number of amides is 1. The van der Waals surface area contributed by atoms with Crippen LogP contribution in [0.1, 0.15) is 35.1 Å². The molecule has 4 rings (SSSR count). The Morgan fingerprint density at radius 1 is 1.22 bits per heavy atom. The van der Waals surface area contributed by atoms with Gasteiger partial charge in [-0.1, -0.05) is 6.92 Å². The first-order valence-corrected chi connectivity index (χ1v) is 11.0. The molecule has 0 aliphatic carbocycles. The Labute approximate surface area is 202 Å². The summed E-state index contributed by atoms with van der Waals surface area (Å²) in [6, 6.07) is 0.940. The van der Waals surface area contributed by atoms with Crippen molar-refractivity contribution >= 4 is 11.9 Å². The molecule has 4 heterocycles. The number of nitrogens with zero attached hydrogens (tertiary/aromatic N) is 7. The molecule has 1 fully saturated rings. The van der Waals surface area contributed by atoms with E-state index in [2.05, 4.69) is 30.4 Å². The van der Waals surface area contributed by atoms with Gasteiger partial charge in [0.15, 0.2) is 11.5 Å². The molecule has 0 aromatic carbocycles. The zero-order valence-electron chi connectivity index (χ0n) is 19.6. The van der Waals surface area contributed by atoms with Crippen molar-refractivity contribution in [3.63, 3.8) is 0 Å². The summed E-state index contributed by atoms with van der Waals surface area (Å²) < 4.78 is 68.8. The molecule has 0 unspecified atom stereocenters. The van der Waals surface area contributed by atoms with Crippen molar-refractivity contribution < 1.29 is 26.7 Å². The Morgan fingerprint density at radius 3 is 2.56 bits per heavy atom. The predicted octanol–water partition coefficient (Wildman–Crippen LogP) is 3.59. The van der Waals surface area contributed by atoms with E-state index in [0.717, 1.165) is 4.90 Å². The molecule has 1 amide bonds. The third-order valence-electron chi connectivity index (χ3n) is 5.86. The van der Waals surface area contributed by atoms with Crippen LogP contribution in [-0.2, 0) is 13.2 Å². The number of halogens is 5. The number of alkyl halides is 5. The molecule has 9 nitrogen and oxygen atoms in total. The van der Waals surface area contributed by atoms with E-state index in [9.17, 15) is 26.7 Å². The number of aryl methyl sites for hydroxylation is 2. The number of rotatable bonds is 5. The zero-order valence-corrected chi connectivity index (χ0v) is 19.6. The SMILES string of the molecule is Cc1ccnc(-c2cn(C)nc2C(=O)N2CC(F)(F)C[C@@H](C)[C@H]2CNc2ncc(C(F)(F)F)cn2)n1. The van der Waals surface area contributed by atoms with Crippen molar-refractivity contribution in [2.45, 2.75) is 38.4 Å². The number of piperidine rings is 1. The summed E-state index contributed by atoms with van der Waals surface area (Å²) in [5, 5.41) is 6.97. The minimum atomic E-state index is -4.59. The number of hydrogen-bond donors (Lipinski definition) is 1. The van der Waals surface area contributed by atoms with Gasteiger partial charge in [-0.15, -0.1) is 0 Å². The normalized spacial score (nSPS) is 19.8. The highest BCUT2D eigenvalue weighted by Crippen LogP contribution is 2.36. The number of aromatic nitrogens is 6. The topological polar surface area (TPSA) is 102 Å². The number of carbonyl (C=O) groups excluding carboxylic acids is 1.